The van der Waals surface area contributed by atoms with E-state index in [9.17, 15) is 0 Å². The lowest BCUT2D eigenvalue weighted by Crippen LogP contribution is -2.68. The number of nitrogens with one attached hydrogen (secondary N) is 3. The van der Waals surface area contributed by atoms with Crippen LogP contribution in [-0.2, 0) is 0 Å². The van der Waals surface area contributed by atoms with Crippen LogP contribution in [0.15, 0.2) is 0 Å². The van der Waals surface area contributed by atoms with Gasteiger partial charge in [0.15, 0.2) is 0 Å². The van der Waals surface area contributed by atoms with Gasteiger partial charge in [-0.3, -0.25) is 0 Å². The van der Waals surface area contributed by atoms with Crippen molar-refractivity contribution in [1.82, 2.24) is 16.0 Å². The second-order valence-corrected chi connectivity index (χ2v) is 5.32. The van der Waals surface area contributed by atoms with Crippen LogP contribution in [0.1, 0.15) is 25.7 Å². The number of hydrogen-bond acceptors (Lipinski definition) is 3. The summed E-state index contributed by atoms with van der Waals surface area (Å²) in [4.78, 5) is 0. The molecule has 0 amide bonds. The van der Waals surface area contributed by atoms with Gasteiger partial charge in [-0.05, 0) is 24.7 Å². The molecule has 0 aromatic heterocycles. The normalized spacial score (nSPS) is 46.4. The van der Waals surface area contributed by atoms with Crippen molar-refractivity contribution in [1.29, 1.82) is 0 Å². The topological polar surface area (TPSA) is 36.1 Å². The lowest BCUT2D eigenvalue weighted by atomic mass is 9.58. The fraction of sp³-hybridized carbons (Fsp3) is 1.00. The van der Waals surface area contributed by atoms with E-state index < -0.39 is 0 Å². The molecular formula is C12H23N3. The van der Waals surface area contributed by atoms with Gasteiger partial charge in [-0.1, -0.05) is 12.8 Å². The van der Waals surface area contributed by atoms with Gasteiger partial charge in [-0.25, -0.2) is 0 Å². The molecule has 2 aliphatic carbocycles. The Balaban J connectivity index is 1.65. The molecule has 3 fully saturated rings. The van der Waals surface area contributed by atoms with Crippen LogP contribution in [-0.4, -0.2) is 38.3 Å². The molecule has 86 valence electrons. The molecule has 0 bridgehead atoms. The second kappa shape index (κ2) is 4.40. The molecule has 4 unspecified atom stereocenters. The Labute approximate surface area is 92.4 Å². The zero-order valence-electron chi connectivity index (χ0n) is 9.47. The van der Waals surface area contributed by atoms with Crippen molar-refractivity contribution in [2.75, 3.05) is 26.2 Å². The molecule has 3 N–H and O–H groups in total. The quantitative estimate of drug-likeness (QED) is 0.538. The average molecular weight is 209 g/mol. The van der Waals surface area contributed by atoms with Crippen LogP contribution >= 0.6 is 0 Å². The summed E-state index contributed by atoms with van der Waals surface area (Å²) in [6.45, 7) is 4.54. The first-order valence-corrected chi connectivity index (χ1v) is 6.64. The van der Waals surface area contributed by atoms with Crippen molar-refractivity contribution in [3.63, 3.8) is 0 Å². The molecular weight excluding hydrogens is 186 g/mol. The summed E-state index contributed by atoms with van der Waals surface area (Å²) in [6.07, 6.45) is 5.86. The van der Waals surface area contributed by atoms with E-state index >= 15 is 0 Å². The van der Waals surface area contributed by atoms with E-state index in [0.29, 0.717) is 0 Å². The summed E-state index contributed by atoms with van der Waals surface area (Å²) in [5.74, 6) is 1.96. The zero-order chi connectivity index (χ0) is 10.1. The highest BCUT2D eigenvalue weighted by molar-refractivity contribution is 5.07. The summed E-state index contributed by atoms with van der Waals surface area (Å²) in [7, 11) is 0. The molecule has 0 radical (unpaired) electrons. The second-order valence-electron chi connectivity index (χ2n) is 5.32. The fourth-order valence-corrected chi connectivity index (χ4v) is 3.80. The first-order valence-electron chi connectivity index (χ1n) is 6.64. The van der Waals surface area contributed by atoms with E-state index in [1.165, 1.54) is 25.7 Å². The summed E-state index contributed by atoms with van der Waals surface area (Å²) >= 11 is 0. The van der Waals surface area contributed by atoms with Crippen molar-refractivity contribution in [2.45, 2.75) is 37.8 Å². The first-order chi connectivity index (χ1) is 7.47. The van der Waals surface area contributed by atoms with Crippen LogP contribution in [0, 0.1) is 11.8 Å². The Hall–Kier alpha value is -0.120. The molecule has 3 nitrogen and oxygen atoms in total. The van der Waals surface area contributed by atoms with Crippen molar-refractivity contribution in [3.05, 3.63) is 0 Å². The third-order valence-electron chi connectivity index (χ3n) is 4.55. The SMILES string of the molecule is C1CCC2C(C1)C1NCCNCCNC21. The molecule has 3 rings (SSSR count). The van der Waals surface area contributed by atoms with Gasteiger partial charge in [0.1, 0.15) is 0 Å². The predicted octanol–water partition coefficient (Wildman–Crippen LogP) is 0.326. The maximum Gasteiger partial charge on any atom is 0.0255 e. The van der Waals surface area contributed by atoms with Crippen molar-refractivity contribution >= 4 is 0 Å². The molecule has 4 atom stereocenters. The molecule has 3 heteroatoms. The molecule has 0 aromatic rings. The fourth-order valence-electron chi connectivity index (χ4n) is 3.80. The largest absolute Gasteiger partial charge is 0.314 e. The highest BCUT2D eigenvalue weighted by Crippen LogP contribution is 2.45. The summed E-state index contributed by atoms with van der Waals surface area (Å²) in [5.41, 5.74) is 0. The minimum Gasteiger partial charge on any atom is -0.314 e. The Morgan fingerprint density at radius 1 is 0.667 bits per heavy atom. The maximum atomic E-state index is 3.74. The smallest absolute Gasteiger partial charge is 0.0255 e. The minimum atomic E-state index is 0.773. The van der Waals surface area contributed by atoms with Gasteiger partial charge < -0.3 is 16.0 Å². The Bertz CT molecular complexity index is 197. The van der Waals surface area contributed by atoms with E-state index in [1.807, 2.05) is 0 Å². The summed E-state index contributed by atoms with van der Waals surface area (Å²) in [6, 6.07) is 1.55. The van der Waals surface area contributed by atoms with E-state index in [-0.39, 0.29) is 0 Å². The van der Waals surface area contributed by atoms with Gasteiger partial charge in [0.2, 0.25) is 0 Å². The number of hydrogen-bond donors (Lipinski definition) is 3. The van der Waals surface area contributed by atoms with Crippen molar-refractivity contribution < 1.29 is 0 Å². The lowest BCUT2D eigenvalue weighted by Gasteiger charge is -2.55. The average Bonchev–Trinajstić information content (AvgIpc) is 2.36. The third-order valence-corrected chi connectivity index (χ3v) is 4.55. The van der Waals surface area contributed by atoms with Gasteiger partial charge in [0.25, 0.3) is 0 Å². The van der Waals surface area contributed by atoms with E-state index in [4.69, 9.17) is 0 Å². The molecule has 3 aliphatic rings. The first kappa shape index (κ1) is 10.1. The van der Waals surface area contributed by atoms with Crippen LogP contribution in [0.5, 0.6) is 0 Å². The van der Waals surface area contributed by atoms with Gasteiger partial charge in [-0.2, -0.15) is 0 Å². The molecule has 1 aliphatic heterocycles. The summed E-state index contributed by atoms with van der Waals surface area (Å²) in [5, 5.41) is 10.9. The Morgan fingerprint density at radius 2 is 1.20 bits per heavy atom. The predicted molar refractivity (Wildman–Crippen MR) is 61.9 cm³/mol. The monoisotopic (exact) mass is 209 g/mol. The number of fused-ring (bicyclic) bond motifs is 4. The lowest BCUT2D eigenvalue weighted by molar-refractivity contribution is 0.0126. The van der Waals surface area contributed by atoms with Crippen LogP contribution in [0.4, 0.5) is 0 Å². The molecule has 2 saturated carbocycles. The van der Waals surface area contributed by atoms with E-state index in [0.717, 1.165) is 50.1 Å². The van der Waals surface area contributed by atoms with E-state index in [2.05, 4.69) is 16.0 Å². The molecule has 15 heavy (non-hydrogen) atoms. The van der Waals surface area contributed by atoms with Gasteiger partial charge >= 0.3 is 0 Å². The van der Waals surface area contributed by atoms with Crippen LogP contribution in [0.3, 0.4) is 0 Å². The van der Waals surface area contributed by atoms with Crippen molar-refractivity contribution in [2.24, 2.45) is 11.8 Å². The minimum absolute atomic E-state index is 0.773. The maximum absolute atomic E-state index is 3.74. The molecule has 0 spiro atoms. The summed E-state index contributed by atoms with van der Waals surface area (Å²) < 4.78 is 0. The number of rotatable bonds is 0. The van der Waals surface area contributed by atoms with Gasteiger partial charge in [0, 0.05) is 38.3 Å². The molecule has 1 heterocycles. The van der Waals surface area contributed by atoms with Gasteiger partial charge in [-0.15, -0.1) is 0 Å². The van der Waals surface area contributed by atoms with Crippen LogP contribution in [0.2, 0.25) is 0 Å². The van der Waals surface area contributed by atoms with E-state index in [1.54, 1.807) is 0 Å². The van der Waals surface area contributed by atoms with Crippen molar-refractivity contribution in [3.8, 4) is 0 Å². The van der Waals surface area contributed by atoms with Crippen LogP contribution < -0.4 is 16.0 Å². The highest BCUT2D eigenvalue weighted by atomic mass is 15.1. The standard InChI is InChI=1S/C12H23N3/c1-2-4-10-9(3-1)11-12(10)15-8-6-13-5-7-14-11/h9-15H,1-8H2. The van der Waals surface area contributed by atoms with Crippen LogP contribution in [0.25, 0.3) is 0 Å². The zero-order valence-corrected chi connectivity index (χ0v) is 9.47. The Morgan fingerprint density at radius 3 is 1.73 bits per heavy atom. The van der Waals surface area contributed by atoms with Gasteiger partial charge in [0.05, 0.1) is 0 Å². The molecule has 1 saturated heterocycles. The third kappa shape index (κ3) is 1.81. The highest BCUT2D eigenvalue weighted by Gasteiger charge is 2.49. The Kier molecular flexibility index (Phi) is 2.95. The molecule has 0 aromatic carbocycles.